The van der Waals surface area contributed by atoms with E-state index in [0.717, 1.165) is 11.3 Å². The van der Waals surface area contributed by atoms with Crippen molar-refractivity contribution >= 4 is 23.2 Å². The number of amides is 1. The molecule has 0 unspecified atom stereocenters. The summed E-state index contributed by atoms with van der Waals surface area (Å²) in [5.41, 5.74) is 4.72. The fraction of sp³-hybridized carbons (Fsp3) is 0.200. The Morgan fingerprint density at radius 1 is 1.22 bits per heavy atom. The molecule has 0 spiro atoms. The smallest absolute Gasteiger partial charge is 0.270 e. The summed E-state index contributed by atoms with van der Waals surface area (Å²) in [5.74, 6) is 0.498. The Kier molecular flexibility index (Phi) is 5.94. The van der Waals surface area contributed by atoms with Crippen LogP contribution in [0.15, 0.2) is 58.4 Å². The fourth-order valence-corrected chi connectivity index (χ4v) is 2.52. The molecular weight excluding hydrogens is 344 g/mol. The number of hydrogen-bond donors (Lipinski definition) is 2. The summed E-state index contributed by atoms with van der Waals surface area (Å²) in [5, 5.41) is 3.93. The van der Waals surface area contributed by atoms with E-state index in [-0.39, 0.29) is 24.3 Å². The molecule has 138 valence electrons. The van der Waals surface area contributed by atoms with Crippen LogP contribution in [-0.2, 0) is 11.2 Å². The molecule has 0 aliphatic heterocycles. The number of ether oxygens (including phenoxy) is 1. The van der Waals surface area contributed by atoms with Crippen molar-refractivity contribution in [1.29, 1.82) is 0 Å². The Morgan fingerprint density at radius 3 is 2.78 bits per heavy atom. The van der Waals surface area contributed by atoms with Gasteiger partial charge in [-0.1, -0.05) is 12.1 Å². The molecule has 3 aromatic rings. The highest BCUT2D eigenvalue weighted by atomic mass is 16.5. The third kappa shape index (κ3) is 5.01. The van der Waals surface area contributed by atoms with E-state index in [1.54, 1.807) is 12.3 Å². The predicted octanol–water partition coefficient (Wildman–Crippen LogP) is 2.40. The summed E-state index contributed by atoms with van der Waals surface area (Å²) < 4.78 is 5.37. The zero-order valence-electron chi connectivity index (χ0n) is 14.9. The number of hydrogen-bond acceptors (Lipinski definition) is 5. The summed E-state index contributed by atoms with van der Waals surface area (Å²) in [6, 6.07) is 14.6. The molecule has 0 radical (unpaired) electrons. The molecule has 7 nitrogen and oxygen atoms in total. The first-order valence-corrected chi connectivity index (χ1v) is 8.68. The minimum atomic E-state index is -0.286. The van der Waals surface area contributed by atoms with Crippen LogP contribution in [0.1, 0.15) is 24.6 Å². The lowest BCUT2D eigenvalue weighted by Gasteiger charge is -2.03. The number of nitrogens with one attached hydrogen (secondary N) is 2. The number of nitrogens with zero attached hydrogens (tertiary/aromatic N) is 2. The number of rotatable bonds is 7. The number of fused-ring (bicyclic) bond motifs is 1. The van der Waals surface area contributed by atoms with Crippen molar-refractivity contribution < 1.29 is 9.53 Å². The van der Waals surface area contributed by atoms with Crippen LogP contribution in [0.5, 0.6) is 5.75 Å². The topological polar surface area (TPSA) is 96.4 Å². The molecule has 0 bridgehead atoms. The molecule has 2 N–H and O–H groups in total. The second kappa shape index (κ2) is 8.75. The molecule has 1 aromatic heterocycles. The molecule has 1 amide bonds. The van der Waals surface area contributed by atoms with Gasteiger partial charge in [-0.3, -0.25) is 9.59 Å². The highest BCUT2D eigenvalue weighted by Crippen LogP contribution is 2.10. The molecular formula is C20H20N4O3. The largest absolute Gasteiger partial charge is 0.494 e. The lowest BCUT2D eigenvalue weighted by molar-refractivity contribution is -0.121. The Labute approximate surface area is 156 Å². The lowest BCUT2D eigenvalue weighted by Crippen LogP contribution is -2.21. The van der Waals surface area contributed by atoms with Crippen molar-refractivity contribution in [2.75, 3.05) is 6.61 Å². The van der Waals surface area contributed by atoms with E-state index in [1.165, 1.54) is 0 Å². The average molecular weight is 364 g/mol. The molecule has 0 saturated carbocycles. The van der Waals surface area contributed by atoms with E-state index in [2.05, 4.69) is 20.5 Å². The van der Waals surface area contributed by atoms with Gasteiger partial charge in [0.2, 0.25) is 5.91 Å². The number of benzene rings is 2. The predicted molar refractivity (Wildman–Crippen MR) is 104 cm³/mol. The first kappa shape index (κ1) is 18.3. The molecule has 0 saturated heterocycles. The SMILES string of the molecule is CCOc1ccc(/C=N\NC(=O)CCc2nc3ccccc3[nH]c2=O)cc1. The number of hydrazone groups is 1. The van der Waals surface area contributed by atoms with E-state index in [1.807, 2.05) is 49.4 Å². The minimum Gasteiger partial charge on any atom is -0.494 e. The van der Waals surface area contributed by atoms with Crippen LogP contribution >= 0.6 is 0 Å². The summed E-state index contributed by atoms with van der Waals surface area (Å²) in [4.78, 5) is 31.1. The fourth-order valence-electron chi connectivity index (χ4n) is 2.52. The highest BCUT2D eigenvalue weighted by Gasteiger charge is 2.07. The standard InChI is InChI=1S/C20H20N4O3/c1-2-27-15-9-7-14(8-10-15)13-21-24-19(25)12-11-18-20(26)23-17-6-4-3-5-16(17)22-18/h3-10,13H,2,11-12H2,1H3,(H,23,26)(H,24,25)/b21-13-. The second-order valence-electron chi connectivity index (χ2n) is 5.82. The molecule has 27 heavy (non-hydrogen) atoms. The number of carbonyl (C=O) groups excluding carboxylic acids is 1. The highest BCUT2D eigenvalue weighted by molar-refractivity contribution is 5.82. The van der Waals surface area contributed by atoms with Gasteiger partial charge >= 0.3 is 0 Å². The summed E-state index contributed by atoms with van der Waals surface area (Å²) >= 11 is 0. The molecule has 0 aliphatic rings. The van der Waals surface area contributed by atoms with Crippen LogP contribution in [-0.4, -0.2) is 28.7 Å². The molecule has 3 rings (SSSR count). The molecule has 0 atom stereocenters. The van der Waals surface area contributed by atoms with Crippen molar-refractivity contribution in [2.45, 2.75) is 19.8 Å². The maximum Gasteiger partial charge on any atom is 0.270 e. The second-order valence-corrected chi connectivity index (χ2v) is 5.82. The number of H-pyrrole nitrogens is 1. The zero-order chi connectivity index (χ0) is 19.1. The minimum absolute atomic E-state index is 0.120. The average Bonchev–Trinajstić information content (AvgIpc) is 2.68. The van der Waals surface area contributed by atoms with Gasteiger partial charge in [0.05, 0.1) is 23.9 Å². The molecule has 1 heterocycles. The van der Waals surface area contributed by atoms with E-state index >= 15 is 0 Å². The Bertz CT molecular complexity index is 1010. The first-order chi connectivity index (χ1) is 13.2. The van der Waals surface area contributed by atoms with Gasteiger partial charge in [-0.2, -0.15) is 5.10 Å². The lowest BCUT2D eigenvalue weighted by atomic mass is 10.2. The number of aromatic amines is 1. The Hall–Kier alpha value is -3.48. The van der Waals surface area contributed by atoms with Crippen molar-refractivity contribution in [3.05, 3.63) is 70.1 Å². The maximum absolute atomic E-state index is 12.0. The van der Waals surface area contributed by atoms with Gasteiger partial charge in [-0.15, -0.1) is 0 Å². The van der Waals surface area contributed by atoms with Gasteiger partial charge in [-0.05, 0) is 48.9 Å². The van der Waals surface area contributed by atoms with Crippen LogP contribution < -0.4 is 15.7 Å². The van der Waals surface area contributed by atoms with Gasteiger partial charge in [0.25, 0.3) is 5.56 Å². The van der Waals surface area contributed by atoms with Crippen LogP contribution in [0.2, 0.25) is 0 Å². The molecule has 7 heteroatoms. The quantitative estimate of drug-likeness (QED) is 0.497. The van der Waals surface area contributed by atoms with E-state index in [0.29, 0.717) is 23.3 Å². The first-order valence-electron chi connectivity index (χ1n) is 8.68. The zero-order valence-corrected chi connectivity index (χ0v) is 14.9. The molecule has 2 aromatic carbocycles. The van der Waals surface area contributed by atoms with Crippen LogP contribution in [0, 0.1) is 0 Å². The van der Waals surface area contributed by atoms with E-state index in [9.17, 15) is 9.59 Å². The van der Waals surface area contributed by atoms with E-state index < -0.39 is 0 Å². The molecule has 0 aliphatic carbocycles. The third-order valence-electron chi connectivity index (χ3n) is 3.85. The van der Waals surface area contributed by atoms with Crippen molar-refractivity contribution in [3.63, 3.8) is 0 Å². The number of para-hydroxylation sites is 2. The van der Waals surface area contributed by atoms with Gasteiger partial charge in [0.15, 0.2) is 0 Å². The van der Waals surface area contributed by atoms with E-state index in [4.69, 9.17) is 4.74 Å². The Balaban J connectivity index is 1.54. The summed E-state index contributed by atoms with van der Waals surface area (Å²) in [6.07, 6.45) is 1.91. The van der Waals surface area contributed by atoms with Crippen molar-refractivity contribution in [2.24, 2.45) is 5.10 Å². The maximum atomic E-state index is 12.0. The third-order valence-corrected chi connectivity index (χ3v) is 3.85. The monoisotopic (exact) mass is 364 g/mol. The van der Waals surface area contributed by atoms with Crippen molar-refractivity contribution in [3.8, 4) is 5.75 Å². The van der Waals surface area contributed by atoms with Crippen LogP contribution in [0.25, 0.3) is 11.0 Å². The normalized spacial score (nSPS) is 11.0. The number of aryl methyl sites for hydroxylation is 1. The van der Waals surface area contributed by atoms with Crippen LogP contribution in [0.4, 0.5) is 0 Å². The number of carbonyl (C=O) groups is 1. The number of aromatic nitrogens is 2. The molecule has 0 fully saturated rings. The summed E-state index contributed by atoms with van der Waals surface area (Å²) in [6.45, 7) is 2.53. The van der Waals surface area contributed by atoms with Crippen LogP contribution in [0.3, 0.4) is 0 Å². The van der Waals surface area contributed by atoms with Gasteiger partial charge < -0.3 is 9.72 Å². The van der Waals surface area contributed by atoms with Crippen molar-refractivity contribution in [1.82, 2.24) is 15.4 Å². The summed E-state index contributed by atoms with van der Waals surface area (Å²) in [7, 11) is 0. The van der Waals surface area contributed by atoms with Gasteiger partial charge in [0.1, 0.15) is 11.4 Å². The van der Waals surface area contributed by atoms with Gasteiger partial charge in [-0.25, -0.2) is 10.4 Å². The Morgan fingerprint density at radius 2 is 2.00 bits per heavy atom. The van der Waals surface area contributed by atoms with Gasteiger partial charge in [0, 0.05) is 12.8 Å².